The third-order valence-corrected chi connectivity index (χ3v) is 4.81. The van der Waals surface area contributed by atoms with Gasteiger partial charge in [0.2, 0.25) is 5.95 Å². The van der Waals surface area contributed by atoms with Crippen molar-refractivity contribution >= 4 is 28.9 Å². The minimum Gasteiger partial charge on any atom is -0.355 e. The fraction of sp³-hybridized carbons (Fsp3) is 0.130. The van der Waals surface area contributed by atoms with Crippen LogP contribution in [-0.4, -0.2) is 40.5 Å². The molecule has 0 spiro atoms. The molecule has 0 unspecified atom stereocenters. The lowest BCUT2D eigenvalue weighted by atomic mass is 9.97. The second-order valence-corrected chi connectivity index (χ2v) is 6.89. The largest absolute Gasteiger partial charge is 0.355 e. The number of hydrogen-bond acceptors (Lipinski definition) is 4. The number of H-pyrrole nitrogens is 1. The van der Waals surface area contributed by atoms with Crippen LogP contribution in [0.2, 0.25) is 0 Å². The number of anilines is 1. The molecule has 4 aromatic rings. The zero-order chi connectivity index (χ0) is 21.8. The SMILES string of the molecule is CCNC(=O)Nc1nc2c(-c3cccc(C(=O)NC)c3)cc(-c3cccnc3)cc2[nH]1. The fourth-order valence-electron chi connectivity index (χ4n) is 3.38. The van der Waals surface area contributed by atoms with Gasteiger partial charge in [-0.15, -0.1) is 0 Å². The van der Waals surface area contributed by atoms with Gasteiger partial charge in [0, 0.05) is 42.7 Å². The quantitative estimate of drug-likeness (QED) is 0.398. The van der Waals surface area contributed by atoms with Crippen LogP contribution in [0.3, 0.4) is 0 Å². The minimum atomic E-state index is -0.336. The van der Waals surface area contributed by atoms with Gasteiger partial charge in [0.25, 0.3) is 5.91 Å². The lowest BCUT2D eigenvalue weighted by Gasteiger charge is -2.09. The molecule has 2 aromatic heterocycles. The zero-order valence-electron chi connectivity index (χ0n) is 17.2. The van der Waals surface area contributed by atoms with Crippen LogP contribution in [0, 0.1) is 0 Å². The Kier molecular flexibility index (Phi) is 5.61. The van der Waals surface area contributed by atoms with Gasteiger partial charge < -0.3 is 15.6 Å². The Morgan fingerprint density at radius 2 is 1.87 bits per heavy atom. The molecule has 156 valence electrons. The number of aromatic nitrogens is 3. The number of aromatic amines is 1. The fourth-order valence-corrected chi connectivity index (χ4v) is 3.38. The van der Waals surface area contributed by atoms with E-state index in [0.717, 1.165) is 27.8 Å². The minimum absolute atomic E-state index is 0.165. The Morgan fingerprint density at radius 1 is 1.03 bits per heavy atom. The van der Waals surface area contributed by atoms with Crippen molar-refractivity contribution in [2.24, 2.45) is 0 Å². The van der Waals surface area contributed by atoms with Crippen LogP contribution in [0.1, 0.15) is 17.3 Å². The molecule has 0 saturated heterocycles. The van der Waals surface area contributed by atoms with Crippen LogP contribution in [0.15, 0.2) is 60.9 Å². The Bertz CT molecular complexity index is 1250. The van der Waals surface area contributed by atoms with E-state index >= 15 is 0 Å². The van der Waals surface area contributed by atoms with Gasteiger partial charge in [0.15, 0.2) is 0 Å². The summed E-state index contributed by atoms with van der Waals surface area (Å²) >= 11 is 0. The van der Waals surface area contributed by atoms with Crippen LogP contribution in [0.25, 0.3) is 33.3 Å². The summed E-state index contributed by atoms with van der Waals surface area (Å²) in [5.74, 6) is 0.176. The van der Waals surface area contributed by atoms with E-state index in [1.165, 1.54) is 0 Å². The summed E-state index contributed by atoms with van der Waals surface area (Å²) in [6, 6.07) is 14.8. The van der Waals surface area contributed by atoms with Gasteiger partial charge in [-0.2, -0.15) is 0 Å². The van der Waals surface area contributed by atoms with E-state index in [2.05, 4.69) is 30.9 Å². The molecule has 0 fully saturated rings. The Labute approximate surface area is 179 Å². The average Bonchev–Trinajstić information content (AvgIpc) is 3.20. The molecule has 4 N–H and O–H groups in total. The number of urea groups is 1. The van der Waals surface area contributed by atoms with Crippen LogP contribution in [0.5, 0.6) is 0 Å². The number of nitrogens with one attached hydrogen (secondary N) is 4. The van der Waals surface area contributed by atoms with E-state index < -0.39 is 0 Å². The molecule has 0 atom stereocenters. The number of amides is 3. The number of hydrogen-bond donors (Lipinski definition) is 4. The number of rotatable bonds is 5. The third-order valence-electron chi connectivity index (χ3n) is 4.81. The number of benzene rings is 2. The predicted molar refractivity (Wildman–Crippen MR) is 121 cm³/mol. The molecule has 8 heteroatoms. The van der Waals surface area contributed by atoms with Crippen LogP contribution >= 0.6 is 0 Å². The van der Waals surface area contributed by atoms with Crippen molar-refractivity contribution in [3.8, 4) is 22.3 Å². The molecule has 8 nitrogen and oxygen atoms in total. The van der Waals surface area contributed by atoms with Crippen LogP contribution < -0.4 is 16.0 Å². The molecular formula is C23H22N6O2. The molecule has 31 heavy (non-hydrogen) atoms. The van der Waals surface area contributed by atoms with E-state index in [-0.39, 0.29) is 11.9 Å². The number of imidazole rings is 1. The Morgan fingerprint density at radius 3 is 2.61 bits per heavy atom. The van der Waals surface area contributed by atoms with E-state index in [9.17, 15) is 9.59 Å². The highest BCUT2D eigenvalue weighted by molar-refractivity contribution is 6.00. The van der Waals surface area contributed by atoms with Gasteiger partial charge in [0.05, 0.1) is 11.0 Å². The van der Waals surface area contributed by atoms with Crippen molar-refractivity contribution in [1.82, 2.24) is 25.6 Å². The monoisotopic (exact) mass is 414 g/mol. The van der Waals surface area contributed by atoms with Crippen molar-refractivity contribution in [2.45, 2.75) is 6.92 Å². The Hall–Kier alpha value is -4.20. The number of fused-ring (bicyclic) bond motifs is 1. The molecular weight excluding hydrogens is 392 g/mol. The first-order chi connectivity index (χ1) is 15.1. The van der Waals surface area contributed by atoms with Gasteiger partial charge >= 0.3 is 6.03 Å². The van der Waals surface area contributed by atoms with E-state index in [1.54, 1.807) is 25.5 Å². The summed E-state index contributed by atoms with van der Waals surface area (Å²) < 4.78 is 0. The first-order valence-corrected chi connectivity index (χ1v) is 9.90. The molecule has 0 aliphatic rings. The van der Waals surface area contributed by atoms with E-state index in [1.807, 2.05) is 49.4 Å². The average molecular weight is 414 g/mol. The smallest absolute Gasteiger partial charge is 0.321 e. The second-order valence-electron chi connectivity index (χ2n) is 6.89. The first kappa shape index (κ1) is 20.1. The molecule has 2 heterocycles. The predicted octanol–water partition coefficient (Wildman–Crippen LogP) is 3.79. The van der Waals surface area contributed by atoms with E-state index in [4.69, 9.17) is 0 Å². The van der Waals surface area contributed by atoms with Gasteiger partial charge in [-0.1, -0.05) is 18.2 Å². The van der Waals surface area contributed by atoms with Gasteiger partial charge in [-0.25, -0.2) is 9.78 Å². The number of pyridine rings is 1. The lowest BCUT2D eigenvalue weighted by molar-refractivity contribution is 0.0963. The molecule has 0 radical (unpaired) electrons. The highest BCUT2D eigenvalue weighted by Crippen LogP contribution is 2.34. The highest BCUT2D eigenvalue weighted by Gasteiger charge is 2.15. The van der Waals surface area contributed by atoms with Crippen LogP contribution in [0.4, 0.5) is 10.7 Å². The molecule has 2 aromatic carbocycles. The van der Waals surface area contributed by atoms with Gasteiger partial charge in [-0.3, -0.25) is 15.1 Å². The normalized spacial score (nSPS) is 10.6. The van der Waals surface area contributed by atoms with Gasteiger partial charge in [-0.05, 0) is 48.4 Å². The molecule has 0 aliphatic carbocycles. The van der Waals surface area contributed by atoms with Crippen molar-refractivity contribution in [1.29, 1.82) is 0 Å². The lowest BCUT2D eigenvalue weighted by Crippen LogP contribution is -2.28. The first-order valence-electron chi connectivity index (χ1n) is 9.90. The molecule has 0 bridgehead atoms. The summed E-state index contributed by atoms with van der Waals surface area (Å²) in [6.07, 6.45) is 3.51. The number of carbonyl (C=O) groups excluding carboxylic acids is 2. The molecule has 4 rings (SSSR count). The summed E-state index contributed by atoms with van der Waals surface area (Å²) in [5.41, 5.74) is 5.56. The summed E-state index contributed by atoms with van der Waals surface area (Å²) in [4.78, 5) is 36.1. The standard InChI is InChI=1S/C23H22N6O2/c1-3-26-23(31)29-22-27-19-12-17(16-8-5-9-25-13-16)11-18(20(19)28-22)14-6-4-7-15(10-14)21(30)24-2/h4-13H,3H2,1-2H3,(H,24,30)(H3,26,27,28,29,31). The van der Waals surface area contributed by atoms with Crippen molar-refractivity contribution < 1.29 is 9.59 Å². The molecule has 0 aliphatic heterocycles. The van der Waals surface area contributed by atoms with Crippen molar-refractivity contribution in [3.63, 3.8) is 0 Å². The zero-order valence-corrected chi connectivity index (χ0v) is 17.2. The van der Waals surface area contributed by atoms with E-state index in [0.29, 0.717) is 23.6 Å². The molecule has 3 amide bonds. The highest BCUT2D eigenvalue weighted by atomic mass is 16.2. The van der Waals surface area contributed by atoms with Gasteiger partial charge in [0.1, 0.15) is 0 Å². The maximum absolute atomic E-state index is 12.1. The topological polar surface area (TPSA) is 112 Å². The van der Waals surface area contributed by atoms with Crippen LogP contribution in [-0.2, 0) is 0 Å². The molecule has 0 saturated carbocycles. The Balaban J connectivity index is 1.88. The second kappa shape index (κ2) is 8.66. The third kappa shape index (κ3) is 4.23. The summed E-state index contributed by atoms with van der Waals surface area (Å²) in [5, 5.41) is 8.05. The number of nitrogens with zero attached hydrogens (tertiary/aromatic N) is 2. The maximum Gasteiger partial charge on any atom is 0.321 e. The maximum atomic E-state index is 12.1. The number of carbonyl (C=O) groups is 2. The summed E-state index contributed by atoms with van der Waals surface area (Å²) in [7, 11) is 1.60. The summed E-state index contributed by atoms with van der Waals surface area (Å²) in [6.45, 7) is 2.35. The van der Waals surface area contributed by atoms with Crippen molar-refractivity contribution in [2.75, 3.05) is 18.9 Å². The van der Waals surface area contributed by atoms with Crippen molar-refractivity contribution in [3.05, 3.63) is 66.5 Å².